The summed E-state index contributed by atoms with van der Waals surface area (Å²) in [6, 6.07) is 11.3. The molecule has 1 saturated carbocycles. The van der Waals surface area contributed by atoms with Gasteiger partial charge in [-0.2, -0.15) is 0 Å². The number of hydrogen-bond acceptors (Lipinski definition) is 4. The van der Waals surface area contributed by atoms with E-state index in [1.54, 1.807) is 6.07 Å². The molecule has 6 rings (SSSR count). The molecule has 2 aromatic carbocycles. The van der Waals surface area contributed by atoms with Crippen LogP contribution >= 0.6 is 0 Å². The number of nitrogens with zero attached hydrogens (tertiary/aromatic N) is 2. The van der Waals surface area contributed by atoms with Crippen molar-refractivity contribution in [2.75, 3.05) is 57.3 Å². The van der Waals surface area contributed by atoms with E-state index in [0.29, 0.717) is 35.9 Å². The molecule has 4 N–H and O–H groups in total. The Morgan fingerprint density at radius 1 is 0.818 bits per heavy atom. The van der Waals surface area contributed by atoms with Gasteiger partial charge in [0.05, 0.1) is 38.4 Å². The van der Waals surface area contributed by atoms with Crippen molar-refractivity contribution in [1.29, 1.82) is 0 Å². The highest BCUT2D eigenvalue weighted by Crippen LogP contribution is 2.45. The van der Waals surface area contributed by atoms with Crippen molar-refractivity contribution in [1.82, 2.24) is 4.90 Å². The third-order valence-corrected chi connectivity index (χ3v) is 10.6. The molecule has 1 atom stereocenters. The summed E-state index contributed by atoms with van der Waals surface area (Å²) < 4.78 is 27.5. The Labute approximate surface area is 262 Å². The van der Waals surface area contributed by atoms with Crippen molar-refractivity contribution < 1.29 is 29.3 Å². The Bertz CT molecular complexity index is 1270. The lowest BCUT2D eigenvalue weighted by molar-refractivity contribution is -0.655. The molecule has 0 radical (unpaired) electrons. The van der Waals surface area contributed by atoms with Crippen molar-refractivity contribution in [3.05, 3.63) is 53.3 Å². The van der Waals surface area contributed by atoms with E-state index < -0.39 is 0 Å². The summed E-state index contributed by atoms with van der Waals surface area (Å²) in [6.07, 6.45) is 7.61. The number of piperazine rings is 1. The van der Waals surface area contributed by atoms with Crippen LogP contribution in [0, 0.1) is 17.2 Å². The summed E-state index contributed by atoms with van der Waals surface area (Å²) in [6.45, 7) is 14.2. The zero-order valence-corrected chi connectivity index (χ0v) is 27.0. The standard InChI is InChI=1S/C36H51FN4O3/c1-36(2,3)27-7-4-25(5-8-27)31-22-26(6-11-34(31)44-30-12-15-39-24-30)35(42)41-18-13-28(14-19-41)43-29-9-10-32(37)33(23-29)40-20-16-38-17-21-40/h6,9-11,22-23,25,27-28,30,38-39H,4-5,7-8,12-21,24H2,1-3H3/p+2/t25?,27?,30-/m0/s1. The van der Waals surface area contributed by atoms with Gasteiger partial charge in [-0.05, 0) is 78.8 Å². The Morgan fingerprint density at radius 2 is 1.57 bits per heavy atom. The minimum Gasteiger partial charge on any atom is -0.490 e. The van der Waals surface area contributed by atoms with E-state index in [9.17, 15) is 9.18 Å². The van der Waals surface area contributed by atoms with E-state index >= 15 is 0 Å². The number of carbonyl (C=O) groups excluding carboxylic acids is 1. The normalized spacial score (nSPS) is 25.2. The predicted octanol–water partition coefficient (Wildman–Crippen LogP) is 3.93. The highest BCUT2D eigenvalue weighted by atomic mass is 19.1. The third kappa shape index (κ3) is 7.34. The van der Waals surface area contributed by atoms with Crippen LogP contribution in [0.5, 0.6) is 11.5 Å². The summed E-state index contributed by atoms with van der Waals surface area (Å²) in [5.74, 6) is 2.77. The van der Waals surface area contributed by atoms with Crippen molar-refractivity contribution in [2.24, 2.45) is 11.3 Å². The van der Waals surface area contributed by atoms with Crippen molar-refractivity contribution in [3.63, 3.8) is 0 Å². The largest absolute Gasteiger partial charge is 0.490 e. The molecule has 7 nitrogen and oxygen atoms in total. The van der Waals surface area contributed by atoms with Gasteiger partial charge in [-0.25, -0.2) is 4.39 Å². The van der Waals surface area contributed by atoms with E-state index in [0.717, 1.165) is 88.6 Å². The lowest BCUT2D eigenvalue weighted by Crippen LogP contribution is -2.89. The highest BCUT2D eigenvalue weighted by Gasteiger charge is 2.33. The minimum atomic E-state index is -0.195. The van der Waals surface area contributed by atoms with Gasteiger partial charge in [-0.15, -0.1) is 0 Å². The van der Waals surface area contributed by atoms with Gasteiger partial charge in [-0.3, -0.25) is 4.79 Å². The molecule has 3 aliphatic heterocycles. The van der Waals surface area contributed by atoms with E-state index in [1.165, 1.54) is 24.5 Å². The zero-order valence-electron chi connectivity index (χ0n) is 27.0. The topological polar surface area (TPSA) is 75.2 Å². The number of quaternary nitrogens is 2. The number of likely N-dealkylation sites (tertiary alicyclic amines) is 1. The van der Waals surface area contributed by atoms with E-state index in [-0.39, 0.29) is 23.9 Å². The van der Waals surface area contributed by atoms with Crippen LogP contribution in [0.3, 0.4) is 0 Å². The molecule has 3 saturated heterocycles. The number of nitrogens with two attached hydrogens (primary N) is 2. The molecule has 240 valence electrons. The van der Waals surface area contributed by atoms with Crippen LogP contribution in [-0.2, 0) is 0 Å². The van der Waals surface area contributed by atoms with Gasteiger partial charge in [0, 0.05) is 44.0 Å². The molecule has 44 heavy (non-hydrogen) atoms. The average molecular weight is 609 g/mol. The molecular weight excluding hydrogens is 555 g/mol. The molecule has 4 aliphatic rings. The molecule has 4 fully saturated rings. The number of carbonyl (C=O) groups is 1. The van der Waals surface area contributed by atoms with Crippen LogP contribution in [0.1, 0.15) is 87.6 Å². The quantitative estimate of drug-likeness (QED) is 0.500. The summed E-state index contributed by atoms with van der Waals surface area (Å²) >= 11 is 0. The maximum atomic E-state index is 14.6. The molecule has 0 bridgehead atoms. The van der Waals surface area contributed by atoms with E-state index in [1.807, 2.05) is 17.0 Å². The second-order valence-corrected chi connectivity index (χ2v) is 14.6. The first-order valence-electron chi connectivity index (χ1n) is 17.2. The summed E-state index contributed by atoms with van der Waals surface area (Å²) in [4.78, 5) is 17.9. The first-order chi connectivity index (χ1) is 21.2. The zero-order chi connectivity index (χ0) is 30.7. The molecule has 2 aromatic rings. The van der Waals surface area contributed by atoms with Gasteiger partial charge in [0.2, 0.25) is 0 Å². The molecular formula is C36H53FN4O3+2. The molecule has 3 heterocycles. The summed E-state index contributed by atoms with van der Waals surface area (Å²) in [7, 11) is 0. The fraction of sp³-hybridized carbons (Fsp3) is 0.639. The fourth-order valence-electron chi connectivity index (χ4n) is 7.74. The summed E-state index contributed by atoms with van der Waals surface area (Å²) in [5, 5.41) is 4.59. The molecule has 1 aliphatic carbocycles. The molecule has 0 unspecified atom stereocenters. The molecule has 8 heteroatoms. The van der Waals surface area contributed by atoms with Gasteiger partial charge in [-0.1, -0.05) is 20.8 Å². The van der Waals surface area contributed by atoms with Gasteiger partial charge in [0.1, 0.15) is 30.0 Å². The Morgan fingerprint density at radius 3 is 2.25 bits per heavy atom. The monoisotopic (exact) mass is 608 g/mol. The molecule has 1 amide bonds. The average Bonchev–Trinajstić information content (AvgIpc) is 3.55. The number of benzene rings is 2. The number of amides is 1. The SMILES string of the molecule is CC(C)(C)C1CCC(c2cc(C(=O)N3CCC(Oc4ccc(F)c(N5CC[NH2+]CC5)c4)CC3)ccc2O[C@H]2CC[NH2+]C2)CC1. The van der Waals surface area contributed by atoms with Crippen LogP contribution < -0.4 is 25.0 Å². The number of halogens is 1. The van der Waals surface area contributed by atoms with Gasteiger partial charge >= 0.3 is 0 Å². The first-order valence-corrected chi connectivity index (χ1v) is 17.2. The number of ether oxygens (including phenoxy) is 2. The second kappa shape index (κ2) is 13.7. The van der Waals surface area contributed by atoms with Crippen molar-refractivity contribution in [2.45, 2.75) is 83.8 Å². The number of piperidine rings is 1. The Kier molecular flexibility index (Phi) is 9.67. The predicted molar refractivity (Wildman–Crippen MR) is 171 cm³/mol. The number of anilines is 1. The van der Waals surface area contributed by atoms with E-state index in [2.05, 4.69) is 48.4 Å². The van der Waals surface area contributed by atoms with Gasteiger partial charge in [0.15, 0.2) is 6.10 Å². The van der Waals surface area contributed by atoms with Crippen LogP contribution in [0.2, 0.25) is 0 Å². The number of hydrogen-bond donors (Lipinski definition) is 2. The van der Waals surface area contributed by atoms with Crippen LogP contribution in [0.4, 0.5) is 10.1 Å². The molecule has 0 aromatic heterocycles. The smallest absolute Gasteiger partial charge is 0.253 e. The Hall–Kier alpha value is -2.84. The van der Waals surface area contributed by atoms with Crippen molar-refractivity contribution in [3.8, 4) is 11.5 Å². The number of rotatable bonds is 7. The highest BCUT2D eigenvalue weighted by molar-refractivity contribution is 5.94. The minimum absolute atomic E-state index is 0.0135. The van der Waals surface area contributed by atoms with E-state index in [4.69, 9.17) is 9.47 Å². The second-order valence-electron chi connectivity index (χ2n) is 14.6. The third-order valence-electron chi connectivity index (χ3n) is 10.6. The molecule has 0 spiro atoms. The Balaban J connectivity index is 1.10. The van der Waals surface area contributed by atoms with Crippen molar-refractivity contribution >= 4 is 11.6 Å². The van der Waals surface area contributed by atoms with Crippen LogP contribution in [-0.4, -0.2) is 75.4 Å². The maximum absolute atomic E-state index is 14.6. The maximum Gasteiger partial charge on any atom is 0.253 e. The van der Waals surface area contributed by atoms with Gasteiger partial charge in [0.25, 0.3) is 5.91 Å². The van der Waals surface area contributed by atoms with Gasteiger partial charge < -0.3 is 29.9 Å². The fourth-order valence-corrected chi connectivity index (χ4v) is 7.74. The lowest BCUT2D eigenvalue weighted by atomic mass is 9.68. The van der Waals surface area contributed by atoms with Crippen LogP contribution in [0.15, 0.2) is 36.4 Å². The van der Waals surface area contributed by atoms with Crippen LogP contribution in [0.25, 0.3) is 0 Å². The summed E-state index contributed by atoms with van der Waals surface area (Å²) in [5.41, 5.74) is 2.96. The first kappa shape index (κ1) is 31.2. The lowest BCUT2D eigenvalue weighted by Gasteiger charge is -2.37.